The molecule has 2 N–H and O–H groups in total. The number of rotatable bonds is 10. The van der Waals surface area contributed by atoms with Gasteiger partial charge in [0.15, 0.2) is 6.61 Å². The fourth-order valence-electron chi connectivity index (χ4n) is 2.20. The first kappa shape index (κ1) is 21.9. The molecule has 0 unspecified atom stereocenters. The first-order chi connectivity index (χ1) is 14.0. The van der Waals surface area contributed by atoms with E-state index in [2.05, 4.69) is 17.6 Å². The van der Waals surface area contributed by atoms with Crippen molar-refractivity contribution in [1.29, 1.82) is 0 Å². The van der Waals surface area contributed by atoms with Gasteiger partial charge in [0.05, 0.1) is 18.7 Å². The van der Waals surface area contributed by atoms with Crippen LogP contribution in [0.3, 0.4) is 0 Å². The lowest BCUT2D eigenvalue weighted by atomic mass is 10.2. The van der Waals surface area contributed by atoms with Gasteiger partial charge in [0.1, 0.15) is 11.6 Å². The summed E-state index contributed by atoms with van der Waals surface area (Å²) in [6, 6.07) is 11.6. The molecule has 0 spiro atoms. The van der Waals surface area contributed by atoms with Gasteiger partial charge in [-0.15, -0.1) is 0 Å². The van der Waals surface area contributed by atoms with Gasteiger partial charge in [-0.2, -0.15) is 0 Å². The summed E-state index contributed by atoms with van der Waals surface area (Å²) in [4.78, 5) is 35.5. The number of halogens is 1. The van der Waals surface area contributed by atoms with Crippen LogP contribution in [0.4, 0.5) is 10.1 Å². The predicted octanol–water partition coefficient (Wildman–Crippen LogP) is 2.92. The van der Waals surface area contributed by atoms with Gasteiger partial charge < -0.3 is 20.1 Å². The molecule has 29 heavy (non-hydrogen) atoms. The first-order valence-electron chi connectivity index (χ1n) is 9.20. The quantitative estimate of drug-likeness (QED) is 0.471. The molecule has 0 bridgehead atoms. The van der Waals surface area contributed by atoms with E-state index in [0.717, 1.165) is 12.8 Å². The van der Waals surface area contributed by atoms with E-state index in [1.165, 1.54) is 24.3 Å². The molecule has 0 aliphatic carbocycles. The highest BCUT2D eigenvalue weighted by molar-refractivity contribution is 5.95. The van der Waals surface area contributed by atoms with E-state index in [1.807, 2.05) is 0 Å². The molecule has 2 aromatic carbocycles. The van der Waals surface area contributed by atoms with E-state index < -0.39 is 30.2 Å². The summed E-state index contributed by atoms with van der Waals surface area (Å²) in [5, 5.41) is 4.84. The zero-order valence-electron chi connectivity index (χ0n) is 16.1. The molecular weight excluding hydrogens is 379 g/mol. The lowest BCUT2D eigenvalue weighted by Crippen LogP contribution is -2.35. The Bertz CT molecular complexity index is 822. The SMILES string of the molecule is CCCCOc1ccc(C(=O)OCC(=O)NCC(=O)Nc2ccc(F)cc2)cc1. The molecule has 0 saturated carbocycles. The van der Waals surface area contributed by atoms with Crippen LogP contribution in [0.2, 0.25) is 0 Å². The van der Waals surface area contributed by atoms with E-state index in [9.17, 15) is 18.8 Å². The summed E-state index contributed by atoms with van der Waals surface area (Å²) in [5.41, 5.74) is 0.689. The Morgan fingerprint density at radius 2 is 1.66 bits per heavy atom. The molecule has 154 valence electrons. The van der Waals surface area contributed by atoms with Crippen LogP contribution in [0.15, 0.2) is 48.5 Å². The van der Waals surface area contributed by atoms with Crippen molar-refractivity contribution in [3.8, 4) is 5.75 Å². The van der Waals surface area contributed by atoms with Crippen LogP contribution in [0.5, 0.6) is 5.75 Å². The normalized spacial score (nSPS) is 10.1. The van der Waals surface area contributed by atoms with Crippen LogP contribution in [-0.4, -0.2) is 37.5 Å². The van der Waals surface area contributed by atoms with Crippen LogP contribution in [-0.2, 0) is 14.3 Å². The predicted molar refractivity (Wildman–Crippen MR) is 105 cm³/mol. The fraction of sp³-hybridized carbons (Fsp3) is 0.286. The number of amides is 2. The zero-order valence-corrected chi connectivity index (χ0v) is 16.1. The van der Waals surface area contributed by atoms with Crippen LogP contribution in [0.1, 0.15) is 30.1 Å². The van der Waals surface area contributed by atoms with Crippen molar-refractivity contribution in [2.45, 2.75) is 19.8 Å². The van der Waals surface area contributed by atoms with Crippen molar-refractivity contribution in [3.63, 3.8) is 0 Å². The monoisotopic (exact) mass is 402 g/mol. The third kappa shape index (κ3) is 8.00. The van der Waals surface area contributed by atoms with E-state index >= 15 is 0 Å². The molecule has 0 atom stereocenters. The van der Waals surface area contributed by atoms with Crippen LogP contribution < -0.4 is 15.4 Å². The summed E-state index contributed by atoms with van der Waals surface area (Å²) in [7, 11) is 0. The lowest BCUT2D eigenvalue weighted by molar-refractivity contribution is -0.126. The Morgan fingerprint density at radius 3 is 2.31 bits per heavy atom. The molecule has 2 aromatic rings. The number of carbonyl (C=O) groups is 3. The second kappa shape index (κ2) is 11.4. The largest absolute Gasteiger partial charge is 0.494 e. The minimum Gasteiger partial charge on any atom is -0.494 e. The highest BCUT2D eigenvalue weighted by Crippen LogP contribution is 2.13. The van der Waals surface area contributed by atoms with Crippen LogP contribution in [0.25, 0.3) is 0 Å². The number of carbonyl (C=O) groups excluding carboxylic acids is 3. The van der Waals surface area contributed by atoms with Gasteiger partial charge in [-0.25, -0.2) is 9.18 Å². The molecule has 2 amide bonds. The second-order valence-corrected chi connectivity index (χ2v) is 6.13. The Balaban J connectivity index is 1.69. The molecular formula is C21H23FN2O5. The molecule has 2 rings (SSSR count). The number of esters is 1. The number of nitrogens with one attached hydrogen (secondary N) is 2. The van der Waals surface area contributed by atoms with E-state index in [1.54, 1.807) is 24.3 Å². The van der Waals surface area contributed by atoms with Crippen molar-refractivity contribution >= 4 is 23.5 Å². The van der Waals surface area contributed by atoms with Gasteiger partial charge in [-0.05, 0) is 55.0 Å². The number of hydrogen-bond acceptors (Lipinski definition) is 5. The maximum atomic E-state index is 12.8. The molecule has 0 aromatic heterocycles. The fourth-order valence-corrected chi connectivity index (χ4v) is 2.20. The van der Waals surface area contributed by atoms with E-state index in [0.29, 0.717) is 18.0 Å². The number of hydrogen-bond donors (Lipinski definition) is 2. The first-order valence-corrected chi connectivity index (χ1v) is 9.20. The van der Waals surface area contributed by atoms with Crippen molar-refractivity contribution in [3.05, 3.63) is 59.9 Å². The van der Waals surface area contributed by atoms with Crippen molar-refractivity contribution in [2.24, 2.45) is 0 Å². The van der Waals surface area contributed by atoms with Gasteiger partial charge in [-0.1, -0.05) is 13.3 Å². The molecule has 0 saturated heterocycles. The Hall–Kier alpha value is -3.42. The second-order valence-electron chi connectivity index (χ2n) is 6.13. The average Bonchev–Trinajstić information content (AvgIpc) is 2.73. The van der Waals surface area contributed by atoms with Gasteiger partial charge in [0, 0.05) is 5.69 Å². The summed E-state index contributed by atoms with van der Waals surface area (Å²) in [5.74, 6) is -1.53. The summed E-state index contributed by atoms with van der Waals surface area (Å²) >= 11 is 0. The minimum atomic E-state index is -0.656. The number of ether oxygens (including phenoxy) is 2. The molecule has 0 fully saturated rings. The molecule has 0 aliphatic heterocycles. The van der Waals surface area contributed by atoms with Gasteiger partial charge in [0.2, 0.25) is 5.91 Å². The molecule has 0 radical (unpaired) electrons. The van der Waals surface area contributed by atoms with Crippen molar-refractivity contribution in [2.75, 3.05) is 25.1 Å². The summed E-state index contributed by atoms with van der Waals surface area (Å²) in [6.07, 6.45) is 1.97. The molecule has 0 aliphatic rings. The Morgan fingerprint density at radius 1 is 0.966 bits per heavy atom. The molecule has 7 nitrogen and oxygen atoms in total. The third-order valence-corrected chi connectivity index (χ3v) is 3.77. The Labute approximate surface area is 168 Å². The number of unbranched alkanes of at least 4 members (excludes halogenated alkanes) is 1. The van der Waals surface area contributed by atoms with Crippen LogP contribution >= 0.6 is 0 Å². The minimum absolute atomic E-state index is 0.287. The lowest BCUT2D eigenvalue weighted by Gasteiger charge is -2.08. The standard InChI is InChI=1S/C21H23FN2O5/c1-2-3-12-28-18-10-4-15(5-11-18)21(27)29-14-20(26)23-13-19(25)24-17-8-6-16(22)7-9-17/h4-11H,2-3,12-14H2,1H3,(H,23,26)(H,24,25). The van der Waals surface area contributed by atoms with Gasteiger partial charge >= 0.3 is 5.97 Å². The van der Waals surface area contributed by atoms with Crippen molar-refractivity contribution < 1.29 is 28.2 Å². The highest BCUT2D eigenvalue weighted by Gasteiger charge is 2.11. The molecule has 0 heterocycles. The highest BCUT2D eigenvalue weighted by atomic mass is 19.1. The molecule has 8 heteroatoms. The maximum Gasteiger partial charge on any atom is 0.338 e. The van der Waals surface area contributed by atoms with Crippen LogP contribution in [0, 0.1) is 5.82 Å². The Kier molecular flexibility index (Phi) is 8.62. The van der Waals surface area contributed by atoms with Crippen molar-refractivity contribution in [1.82, 2.24) is 5.32 Å². The topological polar surface area (TPSA) is 93.7 Å². The van der Waals surface area contributed by atoms with E-state index in [4.69, 9.17) is 9.47 Å². The number of benzene rings is 2. The third-order valence-electron chi connectivity index (χ3n) is 3.77. The zero-order chi connectivity index (χ0) is 21.1. The number of anilines is 1. The smallest absolute Gasteiger partial charge is 0.338 e. The summed E-state index contributed by atoms with van der Waals surface area (Å²) in [6.45, 7) is 1.85. The van der Waals surface area contributed by atoms with Gasteiger partial charge in [-0.3, -0.25) is 9.59 Å². The van der Waals surface area contributed by atoms with E-state index in [-0.39, 0.29) is 12.1 Å². The summed E-state index contributed by atoms with van der Waals surface area (Å²) < 4.78 is 23.3. The average molecular weight is 402 g/mol. The van der Waals surface area contributed by atoms with Gasteiger partial charge in [0.25, 0.3) is 5.91 Å². The maximum absolute atomic E-state index is 12.8.